The van der Waals surface area contributed by atoms with Gasteiger partial charge >= 0.3 is 6.03 Å². The second-order valence-corrected chi connectivity index (χ2v) is 8.82. The summed E-state index contributed by atoms with van der Waals surface area (Å²) >= 11 is 0. The molecule has 1 N–H and O–H groups in total. The molecule has 30 heavy (non-hydrogen) atoms. The molecule has 156 valence electrons. The zero-order valence-electron chi connectivity index (χ0n) is 16.9. The summed E-state index contributed by atoms with van der Waals surface area (Å²) in [4.78, 5) is 14.5. The molecule has 0 fully saturated rings. The molecule has 6 nitrogen and oxygen atoms in total. The molecule has 3 rings (SSSR count). The zero-order valence-corrected chi connectivity index (χ0v) is 17.7. The Labute approximate surface area is 177 Å². The average Bonchev–Trinajstić information content (AvgIpc) is 2.74. The number of anilines is 1. The van der Waals surface area contributed by atoms with Gasteiger partial charge in [-0.3, -0.25) is 0 Å². The third-order valence-corrected chi connectivity index (χ3v) is 5.61. The van der Waals surface area contributed by atoms with Crippen molar-refractivity contribution in [1.82, 2.24) is 4.90 Å². The highest BCUT2D eigenvalue weighted by molar-refractivity contribution is 7.90. The van der Waals surface area contributed by atoms with Crippen molar-refractivity contribution in [2.75, 3.05) is 18.1 Å². The van der Waals surface area contributed by atoms with E-state index in [0.29, 0.717) is 30.3 Å². The summed E-state index contributed by atoms with van der Waals surface area (Å²) in [5, 5.41) is 2.89. The molecular formula is C23H24N2O4S. The Morgan fingerprint density at radius 3 is 2.00 bits per heavy atom. The number of urea groups is 1. The number of carbonyl (C=O) groups is 1. The van der Waals surface area contributed by atoms with E-state index in [9.17, 15) is 13.2 Å². The first-order chi connectivity index (χ1) is 14.3. The lowest BCUT2D eigenvalue weighted by Gasteiger charge is -2.21. The number of sulfone groups is 1. The van der Waals surface area contributed by atoms with Gasteiger partial charge in [-0.25, -0.2) is 13.2 Å². The monoisotopic (exact) mass is 424 g/mol. The van der Waals surface area contributed by atoms with Gasteiger partial charge in [0.05, 0.1) is 4.90 Å². The van der Waals surface area contributed by atoms with Crippen LogP contribution in [0.15, 0.2) is 83.8 Å². The second-order valence-electron chi connectivity index (χ2n) is 6.80. The van der Waals surface area contributed by atoms with Gasteiger partial charge in [-0.05, 0) is 61.0 Å². The van der Waals surface area contributed by atoms with E-state index in [1.807, 2.05) is 37.3 Å². The van der Waals surface area contributed by atoms with E-state index in [0.717, 1.165) is 11.8 Å². The highest BCUT2D eigenvalue weighted by atomic mass is 32.2. The molecule has 7 heteroatoms. The van der Waals surface area contributed by atoms with Crippen LogP contribution in [0.3, 0.4) is 0 Å². The van der Waals surface area contributed by atoms with Crippen LogP contribution in [-0.2, 0) is 16.4 Å². The number of amides is 2. The summed E-state index contributed by atoms with van der Waals surface area (Å²) < 4.78 is 28.8. The molecule has 0 unspecified atom stereocenters. The van der Waals surface area contributed by atoms with E-state index in [-0.39, 0.29) is 10.9 Å². The van der Waals surface area contributed by atoms with Crippen LogP contribution in [0.4, 0.5) is 10.5 Å². The molecule has 0 aromatic heterocycles. The van der Waals surface area contributed by atoms with Gasteiger partial charge < -0.3 is 15.0 Å². The Morgan fingerprint density at radius 2 is 1.47 bits per heavy atom. The number of nitrogens with one attached hydrogen (secondary N) is 1. The lowest BCUT2D eigenvalue weighted by Crippen LogP contribution is -2.34. The van der Waals surface area contributed by atoms with Crippen LogP contribution in [0.2, 0.25) is 0 Å². The summed E-state index contributed by atoms with van der Waals surface area (Å²) in [6.45, 7) is 3.06. The predicted molar refractivity (Wildman–Crippen MR) is 118 cm³/mol. The van der Waals surface area contributed by atoms with E-state index in [4.69, 9.17) is 4.74 Å². The van der Waals surface area contributed by atoms with Crippen LogP contribution in [0, 0.1) is 0 Å². The first-order valence-electron chi connectivity index (χ1n) is 9.53. The fourth-order valence-electron chi connectivity index (χ4n) is 2.83. The highest BCUT2D eigenvalue weighted by Crippen LogP contribution is 2.24. The quantitative estimate of drug-likeness (QED) is 0.583. The number of hydrogen-bond donors (Lipinski definition) is 1. The SMILES string of the molecule is CCN(Cc1ccccc1)C(=O)Nc1ccc(Oc2ccc(S(C)(=O)=O)cc2)cc1. The Hall–Kier alpha value is -3.32. The normalized spacial score (nSPS) is 11.0. The van der Waals surface area contributed by atoms with Gasteiger partial charge in [-0.1, -0.05) is 30.3 Å². The number of rotatable bonds is 7. The van der Waals surface area contributed by atoms with E-state index < -0.39 is 9.84 Å². The summed E-state index contributed by atoms with van der Waals surface area (Å²) in [6.07, 6.45) is 1.16. The van der Waals surface area contributed by atoms with Crippen LogP contribution in [0.25, 0.3) is 0 Å². The molecule has 0 radical (unpaired) electrons. The summed E-state index contributed by atoms with van der Waals surface area (Å²) in [7, 11) is -3.24. The summed E-state index contributed by atoms with van der Waals surface area (Å²) in [6, 6.07) is 22.9. The molecular weight excluding hydrogens is 400 g/mol. The topological polar surface area (TPSA) is 75.7 Å². The molecule has 0 spiro atoms. The molecule has 0 atom stereocenters. The maximum atomic E-state index is 12.6. The minimum Gasteiger partial charge on any atom is -0.457 e. The van der Waals surface area contributed by atoms with E-state index in [2.05, 4.69) is 5.32 Å². The van der Waals surface area contributed by atoms with Gasteiger partial charge in [0.25, 0.3) is 0 Å². The number of ether oxygens (including phenoxy) is 1. The van der Waals surface area contributed by atoms with Crippen molar-refractivity contribution in [3.8, 4) is 11.5 Å². The minimum atomic E-state index is -3.24. The van der Waals surface area contributed by atoms with Crippen molar-refractivity contribution in [3.63, 3.8) is 0 Å². The Bertz CT molecular complexity index is 1080. The van der Waals surface area contributed by atoms with Crippen molar-refractivity contribution >= 4 is 21.6 Å². The number of benzene rings is 3. The Kier molecular flexibility index (Phi) is 6.74. The van der Waals surface area contributed by atoms with Gasteiger partial charge in [0.1, 0.15) is 11.5 Å². The first-order valence-corrected chi connectivity index (χ1v) is 11.4. The zero-order chi connectivity index (χ0) is 21.6. The maximum absolute atomic E-state index is 12.6. The van der Waals surface area contributed by atoms with Crippen molar-refractivity contribution in [2.24, 2.45) is 0 Å². The van der Waals surface area contributed by atoms with Gasteiger partial charge in [0.15, 0.2) is 9.84 Å². The smallest absolute Gasteiger partial charge is 0.322 e. The molecule has 0 aliphatic heterocycles. The average molecular weight is 425 g/mol. The molecule has 0 saturated heterocycles. The van der Waals surface area contributed by atoms with Crippen molar-refractivity contribution in [2.45, 2.75) is 18.4 Å². The lowest BCUT2D eigenvalue weighted by atomic mass is 10.2. The largest absolute Gasteiger partial charge is 0.457 e. The first kappa shape index (κ1) is 21.4. The van der Waals surface area contributed by atoms with Crippen LogP contribution >= 0.6 is 0 Å². The highest BCUT2D eigenvalue weighted by Gasteiger charge is 2.12. The fraction of sp³-hybridized carbons (Fsp3) is 0.174. The minimum absolute atomic E-state index is 0.175. The lowest BCUT2D eigenvalue weighted by molar-refractivity contribution is 0.212. The van der Waals surface area contributed by atoms with Crippen LogP contribution in [0.5, 0.6) is 11.5 Å². The van der Waals surface area contributed by atoms with Gasteiger partial charge in [0.2, 0.25) is 0 Å². The number of hydrogen-bond acceptors (Lipinski definition) is 4. The van der Waals surface area contributed by atoms with Gasteiger partial charge in [-0.15, -0.1) is 0 Å². The third kappa shape index (κ3) is 5.84. The van der Waals surface area contributed by atoms with Crippen molar-refractivity contribution < 1.29 is 17.9 Å². The molecule has 3 aromatic carbocycles. The van der Waals surface area contributed by atoms with E-state index >= 15 is 0 Å². The standard InChI is InChI=1S/C23H24N2O4S/c1-3-25(17-18-7-5-4-6-8-18)23(26)24-19-9-11-20(12-10-19)29-21-13-15-22(16-14-21)30(2,27)28/h4-16H,3,17H2,1-2H3,(H,24,26). The van der Waals surface area contributed by atoms with Crippen molar-refractivity contribution in [1.29, 1.82) is 0 Å². The third-order valence-electron chi connectivity index (χ3n) is 4.48. The Morgan fingerprint density at radius 1 is 0.900 bits per heavy atom. The molecule has 3 aromatic rings. The van der Waals surface area contributed by atoms with Crippen LogP contribution in [0.1, 0.15) is 12.5 Å². The molecule has 0 aliphatic rings. The van der Waals surface area contributed by atoms with Crippen LogP contribution < -0.4 is 10.1 Å². The van der Waals surface area contributed by atoms with E-state index in [1.165, 1.54) is 12.1 Å². The molecule has 2 amide bonds. The number of carbonyl (C=O) groups excluding carboxylic acids is 1. The predicted octanol–water partition coefficient (Wildman–Crippen LogP) is 4.94. The van der Waals surface area contributed by atoms with Gasteiger partial charge in [-0.2, -0.15) is 0 Å². The molecule has 0 bridgehead atoms. The summed E-state index contributed by atoms with van der Waals surface area (Å²) in [5.41, 5.74) is 1.73. The molecule has 0 saturated carbocycles. The molecule has 0 heterocycles. The Balaban J connectivity index is 1.60. The van der Waals surface area contributed by atoms with Gasteiger partial charge in [0, 0.05) is 25.0 Å². The fourth-order valence-corrected chi connectivity index (χ4v) is 3.46. The summed E-state index contributed by atoms with van der Waals surface area (Å²) in [5.74, 6) is 1.11. The number of nitrogens with zero attached hydrogens (tertiary/aromatic N) is 1. The second kappa shape index (κ2) is 9.45. The van der Waals surface area contributed by atoms with E-state index in [1.54, 1.807) is 41.3 Å². The maximum Gasteiger partial charge on any atom is 0.322 e. The molecule has 0 aliphatic carbocycles. The van der Waals surface area contributed by atoms with Crippen LogP contribution in [-0.4, -0.2) is 32.1 Å². The van der Waals surface area contributed by atoms with Crippen molar-refractivity contribution in [3.05, 3.63) is 84.4 Å².